The Bertz CT molecular complexity index is 978. The molecule has 0 bridgehead atoms. The van der Waals surface area contributed by atoms with Crippen LogP contribution in [0.15, 0.2) is 36.7 Å². The third-order valence-corrected chi connectivity index (χ3v) is 3.03. The number of fused-ring (bicyclic) bond motifs is 1. The molecule has 0 saturated carbocycles. The highest BCUT2D eigenvalue weighted by molar-refractivity contribution is 5.81. The summed E-state index contributed by atoms with van der Waals surface area (Å²) in [6, 6.07) is 14.9. The first kappa shape index (κ1) is 12.3. The Morgan fingerprint density at radius 2 is 1.81 bits per heavy atom. The molecule has 1 aromatic carbocycles. The highest BCUT2D eigenvalue weighted by atomic mass is 15.1. The second-order valence-corrected chi connectivity index (χ2v) is 4.20. The van der Waals surface area contributed by atoms with Gasteiger partial charge in [0.25, 0.3) is 0 Å². The monoisotopic (exact) mass is 270 g/mol. The molecule has 0 aliphatic heterocycles. The Hall–Kier alpha value is -3.69. The van der Waals surface area contributed by atoms with Crippen LogP contribution < -0.4 is 0 Å². The molecule has 96 valence electrons. The van der Waals surface area contributed by atoms with Gasteiger partial charge in [-0.3, -0.25) is 4.57 Å². The molecule has 0 spiro atoms. The highest BCUT2D eigenvalue weighted by Gasteiger charge is 2.16. The largest absolute Gasteiger partial charge is 0.272 e. The molecule has 0 atom stereocenters. The van der Waals surface area contributed by atoms with Gasteiger partial charge < -0.3 is 0 Å². The smallest absolute Gasteiger partial charge is 0.177 e. The molecule has 6 heteroatoms. The topological polar surface area (TPSA) is 102 Å². The normalized spacial score (nSPS) is 9.76. The molecule has 0 aliphatic carbocycles. The summed E-state index contributed by atoms with van der Waals surface area (Å²) < 4.78 is 1.36. The van der Waals surface area contributed by atoms with E-state index in [1.165, 1.54) is 10.9 Å². The predicted octanol–water partition coefficient (Wildman–Crippen LogP) is 2.04. The van der Waals surface area contributed by atoms with Crippen molar-refractivity contribution in [1.82, 2.24) is 14.5 Å². The van der Waals surface area contributed by atoms with Gasteiger partial charge in [-0.1, -0.05) is 18.2 Å². The standard InChI is InChI=1S/C15H6N6/c16-6-11-5-10-3-1-2-4-12(10)20-15(11)21-9-19-13(7-17)14(21)8-18/h1-5,9H. The number of benzene rings is 1. The highest BCUT2D eigenvalue weighted by Crippen LogP contribution is 2.21. The third-order valence-electron chi connectivity index (χ3n) is 3.03. The molecule has 0 saturated heterocycles. The second-order valence-electron chi connectivity index (χ2n) is 4.20. The van der Waals surface area contributed by atoms with Crippen molar-refractivity contribution < 1.29 is 0 Å². The number of rotatable bonds is 1. The van der Waals surface area contributed by atoms with Crippen LogP contribution >= 0.6 is 0 Å². The van der Waals surface area contributed by atoms with Crippen LogP contribution in [-0.4, -0.2) is 14.5 Å². The summed E-state index contributed by atoms with van der Waals surface area (Å²) in [4.78, 5) is 8.28. The van der Waals surface area contributed by atoms with Gasteiger partial charge in [-0.2, -0.15) is 15.8 Å². The van der Waals surface area contributed by atoms with Crippen molar-refractivity contribution in [1.29, 1.82) is 15.8 Å². The zero-order valence-corrected chi connectivity index (χ0v) is 10.6. The zero-order chi connectivity index (χ0) is 14.8. The van der Waals surface area contributed by atoms with Gasteiger partial charge in [-0.15, -0.1) is 0 Å². The Morgan fingerprint density at radius 3 is 2.52 bits per heavy atom. The van der Waals surface area contributed by atoms with E-state index >= 15 is 0 Å². The minimum absolute atomic E-state index is 0.0105. The maximum absolute atomic E-state index is 9.30. The van der Waals surface area contributed by atoms with Crippen molar-refractivity contribution in [3.63, 3.8) is 0 Å². The van der Waals surface area contributed by atoms with Crippen LogP contribution in [0.2, 0.25) is 0 Å². The Morgan fingerprint density at radius 1 is 1.00 bits per heavy atom. The average molecular weight is 270 g/mol. The summed E-state index contributed by atoms with van der Waals surface area (Å²) in [6.07, 6.45) is 1.33. The number of aromatic nitrogens is 3. The van der Waals surface area contributed by atoms with Gasteiger partial charge in [0.05, 0.1) is 11.1 Å². The molecule has 0 aliphatic rings. The van der Waals surface area contributed by atoms with Gasteiger partial charge in [0.1, 0.15) is 24.5 Å². The van der Waals surface area contributed by atoms with Gasteiger partial charge in [-0.05, 0) is 12.1 Å². The minimum Gasteiger partial charge on any atom is -0.272 e. The van der Waals surface area contributed by atoms with E-state index in [0.717, 1.165) is 5.39 Å². The quantitative estimate of drug-likeness (QED) is 0.673. The first-order chi connectivity index (χ1) is 10.3. The minimum atomic E-state index is 0.0105. The second kappa shape index (κ2) is 4.77. The molecule has 2 heterocycles. The van der Waals surface area contributed by atoms with Crippen LogP contribution in [0.4, 0.5) is 0 Å². The number of para-hydroxylation sites is 1. The van der Waals surface area contributed by atoms with Crippen LogP contribution in [0.1, 0.15) is 17.0 Å². The molecule has 3 aromatic rings. The van der Waals surface area contributed by atoms with Crippen molar-refractivity contribution in [3.8, 4) is 24.0 Å². The van der Waals surface area contributed by atoms with Gasteiger partial charge in [0.15, 0.2) is 17.2 Å². The lowest BCUT2D eigenvalue weighted by Crippen LogP contribution is -2.03. The van der Waals surface area contributed by atoms with E-state index in [1.54, 1.807) is 6.07 Å². The summed E-state index contributed by atoms with van der Waals surface area (Å²) >= 11 is 0. The number of nitriles is 3. The Labute approximate surface area is 119 Å². The van der Waals surface area contributed by atoms with Crippen molar-refractivity contribution in [3.05, 3.63) is 53.6 Å². The molecular formula is C15H6N6. The lowest BCUT2D eigenvalue weighted by Gasteiger charge is -2.07. The zero-order valence-electron chi connectivity index (χ0n) is 10.6. The number of nitrogens with zero attached hydrogens (tertiary/aromatic N) is 6. The fourth-order valence-electron chi connectivity index (χ4n) is 2.07. The van der Waals surface area contributed by atoms with E-state index < -0.39 is 0 Å². The van der Waals surface area contributed by atoms with Gasteiger partial charge in [-0.25, -0.2) is 9.97 Å². The van der Waals surface area contributed by atoms with Gasteiger partial charge in [0, 0.05) is 5.39 Å². The summed E-state index contributed by atoms with van der Waals surface area (Å²) in [5.41, 5.74) is 1.09. The fraction of sp³-hybridized carbons (Fsp3) is 0. The molecule has 0 fully saturated rings. The van der Waals surface area contributed by atoms with Crippen molar-refractivity contribution in [2.45, 2.75) is 0 Å². The number of imidazole rings is 1. The fourth-order valence-corrected chi connectivity index (χ4v) is 2.07. The van der Waals surface area contributed by atoms with E-state index in [9.17, 15) is 10.5 Å². The summed E-state index contributed by atoms with van der Waals surface area (Å²) in [5.74, 6) is 0.293. The van der Waals surface area contributed by atoms with E-state index in [2.05, 4.69) is 16.0 Å². The predicted molar refractivity (Wildman–Crippen MR) is 73.0 cm³/mol. The first-order valence-corrected chi connectivity index (χ1v) is 5.96. The SMILES string of the molecule is N#Cc1cc2ccccc2nc1-n1cnc(C#N)c1C#N. The molecular weight excluding hydrogens is 264 g/mol. The third kappa shape index (κ3) is 1.87. The Kier molecular flexibility index (Phi) is 2.81. The molecule has 0 amide bonds. The van der Waals surface area contributed by atoms with Crippen LogP contribution in [0.5, 0.6) is 0 Å². The van der Waals surface area contributed by atoms with Gasteiger partial charge in [0.2, 0.25) is 0 Å². The molecule has 6 nitrogen and oxygen atoms in total. The van der Waals surface area contributed by atoms with Crippen molar-refractivity contribution >= 4 is 10.9 Å². The van der Waals surface area contributed by atoms with E-state index in [-0.39, 0.29) is 11.4 Å². The Balaban J connectivity index is 2.36. The summed E-state index contributed by atoms with van der Waals surface area (Å²) in [6.45, 7) is 0. The average Bonchev–Trinajstić information content (AvgIpc) is 2.96. The van der Waals surface area contributed by atoms with Crippen LogP contribution in [0.25, 0.3) is 16.7 Å². The van der Waals surface area contributed by atoms with Gasteiger partial charge >= 0.3 is 0 Å². The molecule has 0 N–H and O–H groups in total. The molecule has 0 radical (unpaired) electrons. The maximum Gasteiger partial charge on any atom is 0.177 e. The lowest BCUT2D eigenvalue weighted by molar-refractivity contribution is 0.981. The number of hydrogen-bond donors (Lipinski definition) is 0. The van der Waals surface area contributed by atoms with E-state index in [1.807, 2.05) is 36.4 Å². The summed E-state index contributed by atoms with van der Waals surface area (Å²) in [7, 11) is 0. The molecule has 0 unspecified atom stereocenters. The van der Waals surface area contributed by atoms with Crippen molar-refractivity contribution in [2.75, 3.05) is 0 Å². The molecule has 2 aromatic heterocycles. The maximum atomic E-state index is 9.30. The molecule has 21 heavy (non-hydrogen) atoms. The van der Waals surface area contributed by atoms with E-state index in [0.29, 0.717) is 16.9 Å². The lowest BCUT2D eigenvalue weighted by atomic mass is 10.1. The first-order valence-electron chi connectivity index (χ1n) is 5.96. The van der Waals surface area contributed by atoms with Crippen molar-refractivity contribution in [2.24, 2.45) is 0 Å². The number of hydrogen-bond acceptors (Lipinski definition) is 5. The van der Waals surface area contributed by atoms with Crippen LogP contribution in [0, 0.1) is 34.0 Å². The molecule has 3 rings (SSSR count). The summed E-state index contributed by atoms with van der Waals surface area (Å²) in [5, 5.41) is 28.3. The van der Waals surface area contributed by atoms with Crippen LogP contribution in [-0.2, 0) is 0 Å². The van der Waals surface area contributed by atoms with E-state index in [4.69, 9.17) is 5.26 Å². The number of pyridine rings is 1. The van der Waals surface area contributed by atoms with Crippen LogP contribution in [0.3, 0.4) is 0 Å².